The van der Waals surface area contributed by atoms with Gasteiger partial charge in [0, 0.05) is 13.2 Å². The predicted octanol–water partition coefficient (Wildman–Crippen LogP) is 2.92. The number of rotatable bonds is 4. The fourth-order valence-electron chi connectivity index (χ4n) is 2.89. The zero-order valence-corrected chi connectivity index (χ0v) is 12.7. The van der Waals surface area contributed by atoms with Crippen LogP contribution in [0.3, 0.4) is 0 Å². The first-order valence-electron chi connectivity index (χ1n) is 7.46. The van der Waals surface area contributed by atoms with E-state index in [1.165, 1.54) is 11.1 Å². The molecule has 1 aromatic rings. The Morgan fingerprint density at radius 3 is 2.60 bits per heavy atom. The van der Waals surface area contributed by atoms with Crippen LogP contribution in [0.1, 0.15) is 42.4 Å². The van der Waals surface area contributed by atoms with Crippen LogP contribution >= 0.6 is 0 Å². The number of hydrogen-bond acceptors (Lipinski definition) is 2. The summed E-state index contributed by atoms with van der Waals surface area (Å²) >= 11 is 0. The molecule has 0 atom stereocenters. The van der Waals surface area contributed by atoms with Gasteiger partial charge in [0.15, 0.2) is 0 Å². The average molecular weight is 275 g/mol. The number of benzene rings is 1. The minimum absolute atomic E-state index is 0.138. The number of aryl methyl sites for hydroxylation is 2. The van der Waals surface area contributed by atoms with Crippen LogP contribution in [0.2, 0.25) is 0 Å². The molecule has 0 spiro atoms. The molecule has 1 N–H and O–H groups in total. The Morgan fingerprint density at radius 2 is 1.95 bits per heavy atom. The quantitative estimate of drug-likeness (QED) is 0.917. The van der Waals surface area contributed by atoms with Gasteiger partial charge in [-0.3, -0.25) is 4.79 Å². The van der Waals surface area contributed by atoms with Gasteiger partial charge in [-0.05, 0) is 50.7 Å². The maximum absolute atomic E-state index is 12.2. The van der Waals surface area contributed by atoms with Crippen molar-refractivity contribution in [3.8, 4) is 0 Å². The summed E-state index contributed by atoms with van der Waals surface area (Å²) in [6, 6.07) is 6.60. The summed E-state index contributed by atoms with van der Waals surface area (Å²) in [5, 5.41) is 3.16. The summed E-state index contributed by atoms with van der Waals surface area (Å²) in [4.78, 5) is 12.2. The highest BCUT2D eigenvalue weighted by molar-refractivity contribution is 5.79. The van der Waals surface area contributed by atoms with Gasteiger partial charge in [-0.25, -0.2) is 0 Å². The van der Waals surface area contributed by atoms with Crippen LogP contribution in [-0.4, -0.2) is 25.2 Å². The van der Waals surface area contributed by atoms with Crippen LogP contribution in [0.15, 0.2) is 18.2 Å². The predicted molar refractivity (Wildman–Crippen MR) is 80.8 cm³/mol. The normalized spacial score (nSPS) is 22.6. The molecule has 0 unspecified atom stereocenters. The van der Waals surface area contributed by atoms with E-state index in [0.717, 1.165) is 31.2 Å². The van der Waals surface area contributed by atoms with Gasteiger partial charge < -0.3 is 10.1 Å². The Hall–Kier alpha value is -1.35. The second kappa shape index (κ2) is 6.89. The lowest BCUT2D eigenvalue weighted by atomic mass is 9.92. The van der Waals surface area contributed by atoms with Crippen molar-refractivity contribution >= 4 is 5.91 Å². The van der Waals surface area contributed by atoms with Crippen LogP contribution in [0.4, 0.5) is 0 Å². The Bertz CT molecular complexity index is 462. The van der Waals surface area contributed by atoms with E-state index < -0.39 is 0 Å². The lowest BCUT2D eigenvalue weighted by Crippen LogP contribution is -2.39. The standard InChI is InChI=1S/C17H25NO2/c1-12-4-5-13(2)14(10-12)11-17(19)18-15-6-8-16(20-3)9-7-15/h4-5,10,15-16H,6-9,11H2,1-3H3,(H,18,19). The van der Waals surface area contributed by atoms with Gasteiger partial charge >= 0.3 is 0 Å². The summed E-state index contributed by atoms with van der Waals surface area (Å²) in [7, 11) is 1.77. The van der Waals surface area contributed by atoms with E-state index in [1.54, 1.807) is 7.11 Å². The smallest absolute Gasteiger partial charge is 0.224 e. The molecular formula is C17H25NO2. The molecule has 1 fully saturated rings. The molecule has 1 aliphatic rings. The van der Waals surface area contributed by atoms with E-state index >= 15 is 0 Å². The van der Waals surface area contributed by atoms with Gasteiger partial charge in [0.1, 0.15) is 0 Å². The molecule has 110 valence electrons. The molecule has 3 nitrogen and oxygen atoms in total. The van der Waals surface area contributed by atoms with Crippen molar-refractivity contribution < 1.29 is 9.53 Å². The number of ether oxygens (including phenoxy) is 1. The maximum atomic E-state index is 12.2. The molecule has 2 rings (SSSR count). The fourth-order valence-corrected chi connectivity index (χ4v) is 2.89. The molecule has 0 aliphatic heterocycles. The van der Waals surface area contributed by atoms with Crippen LogP contribution < -0.4 is 5.32 Å². The van der Waals surface area contributed by atoms with Crippen molar-refractivity contribution in [2.24, 2.45) is 0 Å². The second-order valence-electron chi connectivity index (χ2n) is 5.88. The van der Waals surface area contributed by atoms with E-state index in [9.17, 15) is 4.79 Å². The average Bonchev–Trinajstić information content (AvgIpc) is 2.43. The Labute approximate surface area is 121 Å². The topological polar surface area (TPSA) is 38.3 Å². The molecule has 20 heavy (non-hydrogen) atoms. The molecule has 3 heteroatoms. The van der Waals surface area contributed by atoms with Gasteiger partial charge in [-0.15, -0.1) is 0 Å². The number of carbonyl (C=O) groups is 1. The van der Waals surface area contributed by atoms with Gasteiger partial charge in [0.25, 0.3) is 0 Å². The molecule has 0 heterocycles. The number of methoxy groups -OCH3 is 1. The number of nitrogens with one attached hydrogen (secondary N) is 1. The van der Waals surface area contributed by atoms with E-state index in [4.69, 9.17) is 4.74 Å². The largest absolute Gasteiger partial charge is 0.381 e. The minimum atomic E-state index is 0.138. The first-order chi connectivity index (χ1) is 9.58. The highest BCUT2D eigenvalue weighted by Crippen LogP contribution is 2.21. The molecule has 1 aromatic carbocycles. The lowest BCUT2D eigenvalue weighted by Gasteiger charge is -2.28. The van der Waals surface area contributed by atoms with Crippen molar-refractivity contribution in [2.75, 3.05) is 7.11 Å². The van der Waals surface area contributed by atoms with E-state index in [0.29, 0.717) is 18.6 Å². The van der Waals surface area contributed by atoms with Crippen molar-refractivity contribution in [1.82, 2.24) is 5.32 Å². The first kappa shape index (κ1) is 15.0. The van der Waals surface area contributed by atoms with Gasteiger partial charge in [-0.2, -0.15) is 0 Å². The molecular weight excluding hydrogens is 250 g/mol. The molecule has 1 saturated carbocycles. The third kappa shape index (κ3) is 4.07. The monoisotopic (exact) mass is 275 g/mol. The molecule has 0 radical (unpaired) electrons. The second-order valence-corrected chi connectivity index (χ2v) is 5.88. The number of amides is 1. The number of hydrogen-bond donors (Lipinski definition) is 1. The highest BCUT2D eigenvalue weighted by atomic mass is 16.5. The zero-order valence-electron chi connectivity index (χ0n) is 12.7. The van der Waals surface area contributed by atoms with E-state index in [1.807, 2.05) is 0 Å². The molecule has 0 saturated heterocycles. The van der Waals surface area contributed by atoms with Gasteiger partial charge in [0.2, 0.25) is 5.91 Å². The lowest BCUT2D eigenvalue weighted by molar-refractivity contribution is -0.121. The van der Waals surface area contributed by atoms with E-state index in [-0.39, 0.29) is 5.91 Å². The van der Waals surface area contributed by atoms with Crippen molar-refractivity contribution in [3.63, 3.8) is 0 Å². The van der Waals surface area contributed by atoms with Crippen molar-refractivity contribution in [3.05, 3.63) is 34.9 Å². The van der Waals surface area contributed by atoms with Gasteiger partial charge in [0.05, 0.1) is 12.5 Å². The van der Waals surface area contributed by atoms with Crippen LogP contribution in [0.25, 0.3) is 0 Å². The SMILES string of the molecule is COC1CCC(NC(=O)Cc2cc(C)ccc2C)CC1. The van der Waals surface area contributed by atoms with Gasteiger partial charge in [-0.1, -0.05) is 23.8 Å². The Morgan fingerprint density at radius 1 is 1.25 bits per heavy atom. The highest BCUT2D eigenvalue weighted by Gasteiger charge is 2.22. The summed E-state index contributed by atoms with van der Waals surface area (Å²) in [6.45, 7) is 4.12. The van der Waals surface area contributed by atoms with Crippen molar-refractivity contribution in [2.45, 2.75) is 58.1 Å². The summed E-state index contributed by atoms with van der Waals surface area (Å²) in [5.74, 6) is 0.138. The zero-order chi connectivity index (χ0) is 14.5. The number of carbonyl (C=O) groups excluding carboxylic acids is 1. The molecule has 0 aromatic heterocycles. The molecule has 1 aliphatic carbocycles. The third-order valence-corrected chi connectivity index (χ3v) is 4.23. The van der Waals surface area contributed by atoms with Crippen molar-refractivity contribution in [1.29, 1.82) is 0 Å². The minimum Gasteiger partial charge on any atom is -0.381 e. The van der Waals surface area contributed by atoms with E-state index in [2.05, 4.69) is 37.4 Å². The Balaban J connectivity index is 1.85. The first-order valence-corrected chi connectivity index (χ1v) is 7.46. The fraction of sp³-hybridized carbons (Fsp3) is 0.588. The summed E-state index contributed by atoms with van der Waals surface area (Å²) in [6.07, 6.45) is 5.00. The summed E-state index contributed by atoms with van der Waals surface area (Å²) < 4.78 is 5.36. The van der Waals surface area contributed by atoms with Crippen LogP contribution in [-0.2, 0) is 16.0 Å². The van der Waals surface area contributed by atoms with Crippen LogP contribution in [0.5, 0.6) is 0 Å². The maximum Gasteiger partial charge on any atom is 0.224 e. The third-order valence-electron chi connectivity index (χ3n) is 4.23. The molecule has 0 bridgehead atoms. The van der Waals surface area contributed by atoms with Crippen LogP contribution in [0, 0.1) is 13.8 Å². The Kier molecular flexibility index (Phi) is 5.18. The molecule has 1 amide bonds. The summed E-state index contributed by atoms with van der Waals surface area (Å²) in [5.41, 5.74) is 3.53.